The number of aromatic amines is 1. The highest BCUT2D eigenvalue weighted by Gasteiger charge is 2.51. The smallest absolute Gasteiger partial charge is 0.253 e. The number of carbonyl (C=O) groups excluding carboxylic acids is 1. The summed E-state index contributed by atoms with van der Waals surface area (Å²) in [6.45, 7) is 0. The van der Waals surface area contributed by atoms with Gasteiger partial charge < -0.3 is 10.3 Å². The summed E-state index contributed by atoms with van der Waals surface area (Å²) in [4.78, 5) is 14.7. The van der Waals surface area contributed by atoms with Crippen LogP contribution in [0.4, 0.5) is 0 Å². The summed E-state index contributed by atoms with van der Waals surface area (Å²) in [5.41, 5.74) is 0.749. The highest BCUT2D eigenvalue weighted by atomic mass is 16.1. The lowest BCUT2D eigenvalue weighted by atomic mass is 10.0. The molecule has 0 spiro atoms. The summed E-state index contributed by atoms with van der Waals surface area (Å²) in [5, 5.41) is 3.14. The number of aromatic nitrogens is 1. The van der Waals surface area contributed by atoms with E-state index in [0.29, 0.717) is 6.04 Å². The van der Waals surface area contributed by atoms with Gasteiger partial charge in [-0.05, 0) is 30.7 Å². The third-order valence-electron chi connectivity index (χ3n) is 3.81. The van der Waals surface area contributed by atoms with Gasteiger partial charge in [-0.15, -0.1) is 0 Å². The molecule has 0 saturated heterocycles. The first-order chi connectivity index (χ1) is 7.36. The van der Waals surface area contributed by atoms with Crippen LogP contribution in [0.3, 0.4) is 0 Å². The second kappa shape index (κ2) is 3.40. The van der Waals surface area contributed by atoms with Crippen LogP contribution < -0.4 is 5.32 Å². The van der Waals surface area contributed by atoms with E-state index in [9.17, 15) is 4.79 Å². The second-order valence-corrected chi connectivity index (χ2v) is 4.71. The van der Waals surface area contributed by atoms with E-state index < -0.39 is 0 Å². The lowest BCUT2D eigenvalue weighted by Crippen LogP contribution is -2.27. The lowest BCUT2D eigenvalue weighted by Gasteiger charge is -2.04. The second-order valence-electron chi connectivity index (χ2n) is 4.71. The van der Waals surface area contributed by atoms with Gasteiger partial charge in [0.15, 0.2) is 0 Å². The molecule has 1 heterocycles. The molecule has 0 radical (unpaired) electrons. The largest absolute Gasteiger partial charge is 0.367 e. The molecule has 0 bridgehead atoms. The Kier molecular flexibility index (Phi) is 2.04. The molecule has 2 atom stereocenters. The summed E-state index contributed by atoms with van der Waals surface area (Å²) in [6, 6.07) is 2.29. The Bertz CT molecular complexity index is 346. The summed E-state index contributed by atoms with van der Waals surface area (Å²) in [6.07, 6.45) is 8.84. The summed E-state index contributed by atoms with van der Waals surface area (Å²) >= 11 is 0. The topological polar surface area (TPSA) is 44.9 Å². The molecule has 0 aromatic carbocycles. The van der Waals surface area contributed by atoms with Crippen LogP contribution in [0.25, 0.3) is 0 Å². The van der Waals surface area contributed by atoms with Crippen LogP contribution in [0.15, 0.2) is 18.5 Å². The first kappa shape index (κ1) is 9.01. The summed E-state index contributed by atoms with van der Waals surface area (Å²) in [5.74, 6) is 1.64. The quantitative estimate of drug-likeness (QED) is 0.759. The van der Waals surface area contributed by atoms with Gasteiger partial charge in [0.2, 0.25) is 0 Å². The Morgan fingerprint density at radius 1 is 1.33 bits per heavy atom. The SMILES string of the molecule is O=C(NC1C2CCCCC21)c1cc[nH]c1. The molecule has 2 fully saturated rings. The molecule has 3 rings (SSSR count). The van der Waals surface area contributed by atoms with Crippen molar-refractivity contribution in [2.24, 2.45) is 11.8 Å². The van der Waals surface area contributed by atoms with E-state index in [1.807, 2.05) is 6.07 Å². The Labute approximate surface area is 89.3 Å². The van der Waals surface area contributed by atoms with Crippen LogP contribution >= 0.6 is 0 Å². The summed E-state index contributed by atoms with van der Waals surface area (Å²) < 4.78 is 0. The predicted octanol–water partition coefficient (Wildman–Crippen LogP) is 1.93. The molecule has 2 aliphatic rings. The molecular formula is C12H16N2O. The van der Waals surface area contributed by atoms with E-state index in [0.717, 1.165) is 17.4 Å². The third kappa shape index (κ3) is 1.56. The van der Waals surface area contributed by atoms with Gasteiger partial charge in [0, 0.05) is 18.4 Å². The zero-order valence-electron chi connectivity index (χ0n) is 8.70. The van der Waals surface area contributed by atoms with Gasteiger partial charge in [-0.3, -0.25) is 4.79 Å². The van der Waals surface area contributed by atoms with Crippen LogP contribution in [0.5, 0.6) is 0 Å². The Hall–Kier alpha value is -1.25. The molecule has 2 N–H and O–H groups in total. The van der Waals surface area contributed by atoms with Crippen LogP contribution in [0, 0.1) is 11.8 Å². The Balaban J connectivity index is 1.61. The van der Waals surface area contributed by atoms with E-state index in [2.05, 4.69) is 10.3 Å². The fraction of sp³-hybridized carbons (Fsp3) is 0.583. The maximum absolute atomic E-state index is 11.8. The Morgan fingerprint density at radius 2 is 2.07 bits per heavy atom. The average Bonchev–Trinajstić information content (AvgIpc) is 2.75. The maximum atomic E-state index is 11.8. The molecule has 3 heteroatoms. The first-order valence-electron chi connectivity index (χ1n) is 5.80. The van der Waals surface area contributed by atoms with Crippen molar-refractivity contribution < 1.29 is 4.79 Å². The van der Waals surface area contributed by atoms with Crippen molar-refractivity contribution in [3.8, 4) is 0 Å². The van der Waals surface area contributed by atoms with Crippen molar-refractivity contribution in [2.45, 2.75) is 31.7 Å². The molecular weight excluding hydrogens is 188 g/mol. The summed E-state index contributed by atoms with van der Waals surface area (Å²) in [7, 11) is 0. The predicted molar refractivity (Wildman–Crippen MR) is 57.5 cm³/mol. The van der Waals surface area contributed by atoms with E-state index in [4.69, 9.17) is 0 Å². The molecule has 1 aromatic rings. The highest BCUT2D eigenvalue weighted by molar-refractivity contribution is 5.94. The number of nitrogens with one attached hydrogen (secondary N) is 2. The first-order valence-corrected chi connectivity index (χ1v) is 5.80. The maximum Gasteiger partial charge on any atom is 0.253 e. The number of carbonyl (C=O) groups is 1. The number of amides is 1. The van der Waals surface area contributed by atoms with Gasteiger partial charge in [-0.2, -0.15) is 0 Å². The Morgan fingerprint density at radius 3 is 2.67 bits per heavy atom. The van der Waals surface area contributed by atoms with Gasteiger partial charge in [0.05, 0.1) is 5.56 Å². The van der Waals surface area contributed by atoms with Gasteiger partial charge >= 0.3 is 0 Å². The van der Waals surface area contributed by atoms with E-state index in [1.54, 1.807) is 12.4 Å². The van der Waals surface area contributed by atoms with Gasteiger partial charge in [0.1, 0.15) is 0 Å². The number of hydrogen-bond acceptors (Lipinski definition) is 1. The fourth-order valence-electron chi connectivity index (χ4n) is 2.91. The van der Waals surface area contributed by atoms with E-state index in [1.165, 1.54) is 25.7 Å². The van der Waals surface area contributed by atoms with Crippen molar-refractivity contribution in [3.05, 3.63) is 24.0 Å². The molecule has 2 unspecified atom stereocenters. The van der Waals surface area contributed by atoms with E-state index >= 15 is 0 Å². The zero-order valence-corrected chi connectivity index (χ0v) is 8.70. The molecule has 3 nitrogen and oxygen atoms in total. The molecule has 80 valence electrons. The minimum atomic E-state index is 0.0793. The molecule has 2 aliphatic carbocycles. The minimum Gasteiger partial charge on any atom is -0.367 e. The van der Waals surface area contributed by atoms with Crippen molar-refractivity contribution in [1.29, 1.82) is 0 Å². The normalized spacial score (nSPS) is 33.2. The monoisotopic (exact) mass is 204 g/mol. The average molecular weight is 204 g/mol. The number of H-pyrrole nitrogens is 1. The van der Waals surface area contributed by atoms with Gasteiger partial charge in [-0.1, -0.05) is 12.8 Å². The van der Waals surface area contributed by atoms with Gasteiger partial charge in [-0.25, -0.2) is 0 Å². The lowest BCUT2D eigenvalue weighted by molar-refractivity contribution is 0.0947. The van der Waals surface area contributed by atoms with Crippen LogP contribution in [0.2, 0.25) is 0 Å². The van der Waals surface area contributed by atoms with Crippen LogP contribution in [-0.2, 0) is 0 Å². The fourth-order valence-corrected chi connectivity index (χ4v) is 2.91. The standard InChI is InChI=1S/C12H16N2O/c15-12(8-5-6-13-7-8)14-11-9-3-1-2-4-10(9)11/h5-7,9-11,13H,1-4H2,(H,14,15). The minimum absolute atomic E-state index is 0.0793. The third-order valence-corrected chi connectivity index (χ3v) is 3.81. The number of fused-ring (bicyclic) bond motifs is 1. The molecule has 1 aromatic heterocycles. The number of hydrogen-bond donors (Lipinski definition) is 2. The van der Waals surface area contributed by atoms with Crippen LogP contribution in [-0.4, -0.2) is 16.9 Å². The van der Waals surface area contributed by atoms with Crippen LogP contribution in [0.1, 0.15) is 36.0 Å². The van der Waals surface area contributed by atoms with Crippen molar-refractivity contribution in [3.63, 3.8) is 0 Å². The zero-order chi connectivity index (χ0) is 10.3. The molecule has 0 aliphatic heterocycles. The van der Waals surface area contributed by atoms with Gasteiger partial charge in [0.25, 0.3) is 5.91 Å². The number of rotatable bonds is 2. The molecule has 2 saturated carbocycles. The van der Waals surface area contributed by atoms with Crippen molar-refractivity contribution >= 4 is 5.91 Å². The van der Waals surface area contributed by atoms with E-state index in [-0.39, 0.29) is 5.91 Å². The molecule has 15 heavy (non-hydrogen) atoms. The molecule has 1 amide bonds. The highest BCUT2D eigenvalue weighted by Crippen LogP contribution is 2.49. The van der Waals surface area contributed by atoms with Crippen molar-refractivity contribution in [1.82, 2.24) is 10.3 Å². The van der Waals surface area contributed by atoms with Crippen molar-refractivity contribution in [2.75, 3.05) is 0 Å².